The third kappa shape index (κ3) is 5.18. The predicted octanol–water partition coefficient (Wildman–Crippen LogP) is 5.13. The fourth-order valence-corrected chi connectivity index (χ4v) is 3.07. The molecule has 138 valence electrons. The number of benzene rings is 2. The van der Waals surface area contributed by atoms with Crippen LogP contribution in [0.3, 0.4) is 0 Å². The number of halogens is 1. The van der Waals surface area contributed by atoms with Gasteiger partial charge in [-0.2, -0.15) is 5.10 Å². The van der Waals surface area contributed by atoms with E-state index in [-0.39, 0.29) is 0 Å². The largest absolute Gasteiger partial charge is 0.342 e. The first-order valence-electron chi connectivity index (χ1n) is 8.59. The van der Waals surface area contributed by atoms with E-state index in [0.717, 1.165) is 34.1 Å². The lowest BCUT2D eigenvalue weighted by Gasteiger charge is -2.12. The average molecular weight is 397 g/mol. The summed E-state index contributed by atoms with van der Waals surface area (Å²) in [5, 5.41) is 8.67. The Morgan fingerprint density at radius 3 is 2.48 bits per heavy atom. The Balaban J connectivity index is 1.61. The molecule has 0 atom stereocenters. The van der Waals surface area contributed by atoms with E-state index in [4.69, 9.17) is 23.8 Å². The summed E-state index contributed by atoms with van der Waals surface area (Å²) in [5.74, 6) is 0. The first kappa shape index (κ1) is 19.1. The van der Waals surface area contributed by atoms with Crippen LogP contribution in [0.4, 0.5) is 5.69 Å². The topological polar surface area (TPSA) is 41.4 Å². The Morgan fingerprint density at radius 1 is 1.07 bits per heavy atom. The van der Waals surface area contributed by atoms with Gasteiger partial charge in [0.2, 0.25) is 0 Å². The van der Waals surface area contributed by atoms with E-state index in [1.807, 2.05) is 74.6 Å². The Morgan fingerprint density at radius 2 is 1.78 bits per heavy atom. The van der Waals surface area contributed by atoms with Crippen LogP contribution in [0.15, 0.2) is 65.9 Å². The van der Waals surface area contributed by atoms with Gasteiger partial charge in [0.1, 0.15) is 0 Å². The molecule has 3 aromatic rings. The Hall–Kier alpha value is -2.63. The van der Waals surface area contributed by atoms with Crippen molar-refractivity contribution in [2.45, 2.75) is 20.4 Å². The van der Waals surface area contributed by atoms with Crippen molar-refractivity contribution < 1.29 is 0 Å². The molecule has 0 saturated carbocycles. The minimum atomic E-state index is 0.458. The van der Waals surface area contributed by atoms with Gasteiger partial charge in [-0.1, -0.05) is 41.9 Å². The number of rotatable bonds is 5. The number of hydrogen-bond acceptors (Lipinski definition) is 2. The molecule has 1 aromatic heterocycles. The minimum absolute atomic E-state index is 0.458. The van der Waals surface area contributed by atoms with E-state index in [0.29, 0.717) is 5.11 Å². The summed E-state index contributed by atoms with van der Waals surface area (Å²) in [6.45, 7) is 4.84. The third-order valence-corrected chi connectivity index (χ3v) is 4.66. The highest BCUT2D eigenvalue weighted by Gasteiger charge is 2.04. The summed E-state index contributed by atoms with van der Waals surface area (Å²) in [6, 6.07) is 17.9. The fraction of sp³-hybridized carbons (Fsp3) is 0.143. The molecule has 0 spiro atoms. The smallest absolute Gasteiger partial charge is 0.191 e. The highest BCUT2D eigenvalue weighted by molar-refractivity contribution is 7.80. The molecule has 0 unspecified atom stereocenters. The summed E-state index contributed by atoms with van der Waals surface area (Å²) >= 11 is 11.3. The molecule has 3 rings (SSSR count). The van der Waals surface area contributed by atoms with Crippen LogP contribution in [-0.2, 0) is 6.54 Å². The second kappa shape index (κ2) is 8.84. The van der Waals surface area contributed by atoms with Gasteiger partial charge in [0, 0.05) is 23.5 Å². The van der Waals surface area contributed by atoms with Gasteiger partial charge in [0.05, 0.1) is 11.9 Å². The number of nitrogens with zero attached hydrogens (tertiary/aromatic N) is 2. The van der Waals surface area contributed by atoms with Gasteiger partial charge in [-0.3, -0.25) is 5.43 Å². The molecule has 0 bridgehead atoms. The molecule has 6 heteroatoms. The van der Waals surface area contributed by atoms with Crippen molar-refractivity contribution in [3.8, 4) is 0 Å². The zero-order valence-corrected chi connectivity index (χ0v) is 16.8. The monoisotopic (exact) mass is 396 g/mol. The first-order valence-corrected chi connectivity index (χ1v) is 9.37. The predicted molar refractivity (Wildman–Crippen MR) is 118 cm³/mol. The van der Waals surface area contributed by atoms with Crippen molar-refractivity contribution >= 4 is 40.8 Å². The third-order valence-electron chi connectivity index (χ3n) is 4.21. The van der Waals surface area contributed by atoms with Crippen LogP contribution < -0.4 is 10.7 Å². The second-order valence-corrected chi connectivity index (χ2v) is 7.12. The standard InChI is InChI=1S/C21H21ClN4S/c1-15-5-3-6-16(2)20(15)24-21(27)25-23-13-19-7-4-12-26(19)14-17-8-10-18(22)11-9-17/h3-13H,14H2,1-2H3,(H2,24,25,27). The molecule has 0 aliphatic rings. The number of aromatic nitrogens is 1. The zero-order valence-electron chi connectivity index (χ0n) is 15.2. The van der Waals surface area contributed by atoms with E-state index in [9.17, 15) is 0 Å². The van der Waals surface area contributed by atoms with Crippen LogP contribution >= 0.6 is 23.8 Å². The Labute approximate surface area is 169 Å². The molecule has 0 amide bonds. The number of hydrazone groups is 1. The number of aryl methyl sites for hydroxylation is 2. The van der Waals surface area contributed by atoms with Gasteiger partial charge < -0.3 is 9.88 Å². The van der Waals surface area contributed by atoms with Crippen molar-refractivity contribution in [1.29, 1.82) is 0 Å². The number of thiocarbonyl (C=S) groups is 1. The van der Waals surface area contributed by atoms with Crippen LogP contribution in [-0.4, -0.2) is 15.9 Å². The molecule has 0 fully saturated rings. The zero-order chi connectivity index (χ0) is 19.2. The maximum Gasteiger partial charge on any atom is 0.191 e. The molecule has 2 N–H and O–H groups in total. The number of para-hydroxylation sites is 1. The molecular weight excluding hydrogens is 376 g/mol. The number of nitrogens with one attached hydrogen (secondary N) is 2. The van der Waals surface area contributed by atoms with E-state index in [1.54, 1.807) is 6.21 Å². The van der Waals surface area contributed by atoms with Gasteiger partial charge in [-0.05, 0) is 67.0 Å². The van der Waals surface area contributed by atoms with Crippen molar-refractivity contribution in [1.82, 2.24) is 9.99 Å². The van der Waals surface area contributed by atoms with E-state index in [1.165, 1.54) is 5.56 Å². The Kier molecular flexibility index (Phi) is 6.27. The van der Waals surface area contributed by atoms with Crippen LogP contribution in [0.1, 0.15) is 22.4 Å². The summed E-state index contributed by atoms with van der Waals surface area (Å²) in [6.07, 6.45) is 3.78. The second-order valence-electron chi connectivity index (χ2n) is 6.28. The summed E-state index contributed by atoms with van der Waals surface area (Å²) < 4.78 is 2.11. The van der Waals surface area contributed by atoms with Crippen molar-refractivity contribution in [3.05, 3.63) is 88.2 Å². The van der Waals surface area contributed by atoms with Crippen molar-refractivity contribution in [2.75, 3.05) is 5.32 Å². The lowest BCUT2D eigenvalue weighted by Crippen LogP contribution is -2.24. The summed E-state index contributed by atoms with van der Waals surface area (Å²) in [4.78, 5) is 0. The summed E-state index contributed by atoms with van der Waals surface area (Å²) in [5.41, 5.74) is 8.32. The molecule has 2 aromatic carbocycles. The normalized spacial score (nSPS) is 10.9. The average Bonchev–Trinajstić information content (AvgIpc) is 3.07. The van der Waals surface area contributed by atoms with Gasteiger partial charge in [0.25, 0.3) is 0 Å². The van der Waals surface area contributed by atoms with Crippen LogP contribution in [0.5, 0.6) is 0 Å². The van der Waals surface area contributed by atoms with E-state index in [2.05, 4.69) is 20.4 Å². The van der Waals surface area contributed by atoms with E-state index >= 15 is 0 Å². The number of anilines is 1. The molecular formula is C21H21ClN4S. The molecule has 0 radical (unpaired) electrons. The lowest BCUT2D eigenvalue weighted by atomic mass is 10.1. The lowest BCUT2D eigenvalue weighted by molar-refractivity contribution is 0.799. The van der Waals surface area contributed by atoms with Crippen LogP contribution in [0, 0.1) is 13.8 Å². The SMILES string of the molecule is Cc1cccc(C)c1NC(=S)NN=Cc1cccn1Cc1ccc(Cl)cc1. The molecule has 1 heterocycles. The number of hydrogen-bond donors (Lipinski definition) is 2. The fourth-order valence-electron chi connectivity index (χ4n) is 2.79. The first-order chi connectivity index (χ1) is 13.0. The van der Waals surface area contributed by atoms with Gasteiger partial charge >= 0.3 is 0 Å². The molecule has 0 aliphatic heterocycles. The quantitative estimate of drug-likeness (QED) is 0.357. The van der Waals surface area contributed by atoms with Gasteiger partial charge in [0.15, 0.2) is 5.11 Å². The van der Waals surface area contributed by atoms with Gasteiger partial charge in [-0.15, -0.1) is 0 Å². The minimum Gasteiger partial charge on any atom is -0.342 e. The van der Waals surface area contributed by atoms with Gasteiger partial charge in [-0.25, -0.2) is 0 Å². The van der Waals surface area contributed by atoms with Crippen molar-refractivity contribution in [3.63, 3.8) is 0 Å². The molecule has 0 aliphatic carbocycles. The molecule has 27 heavy (non-hydrogen) atoms. The maximum atomic E-state index is 5.95. The highest BCUT2D eigenvalue weighted by atomic mass is 35.5. The van der Waals surface area contributed by atoms with Crippen LogP contribution in [0.25, 0.3) is 0 Å². The molecule has 4 nitrogen and oxygen atoms in total. The van der Waals surface area contributed by atoms with Crippen LogP contribution in [0.2, 0.25) is 5.02 Å². The van der Waals surface area contributed by atoms with Crippen molar-refractivity contribution in [2.24, 2.45) is 5.10 Å². The van der Waals surface area contributed by atoms with E-state index < -0.39 is 0 Å². The molecule has 0 saturated heterocycles. The highest BCUT2D eigenvalue weighted by Crippen LogP contribution is 2.19. The maximum absolute atomic E-state index is 5.95. The summed E-state index contributed by atoms with van der Waals surface area (Å²) in [7, 11) is 0. The Bertz CT molecular complexity index is 940.